The van der Waals surface area contributed by atoms with E-state index in [-0.39, 0.29) is 26.1 Å². The Bertz CT molecular complexity index is 2100. The summed E-state index contributed by atoms with van der Waals surface area (Å²) >= 11 is 0. The van der Waals surface area contributed by atoms with Crippen LogP contribution >= 0.6 is 7.82 Å². The molecule has 0 amide bonds. The van der Waals surface area contributed by atoms with E-state index in [1.807, 2.05) is 21.1 Å². The highest BCUT2D eigenvalue weighted by atomic mass is 31.2. The van der Waals surface area contributed by atoms with Gasteiger partial charge in [0.25, 0.3) is 7.82 Å². The van der Waals surface area contributed by atoms with Gasteiger partial charge in [-0.2, -0.15) is 0 Å². The number of carbonyl (C=O) groups is 2. The van der Waals surface area contributed by atoms with Crippen LogP contribution in [-0.2, 0) is 32.7 Å². The lowest BCUT2D eigenvalue weighted by Gasteiger charge is -2.28. The Kier molecular flexibility index (Phi) is 69.9. The summed E-state index contributed by atoms with van der Waals surface area (Å²) < 4.78 is 34.3. The van der Waals surface area contributed by atoms with Crippen molar-refractivity contribution in [2.24, 2.45) is 0 Å². The van der Waals surface area contributed by atoms with Gasteiger partial charge in [-0.25, -0.2) is 0 Å². The molecule has 538 valence electrons. The van der Waals surface area contributed by atoms with E-state index in [1.54, 1.807) is 0 Å². The summed E-state index contributed by atoms with van der Waals surface area (Å²) in [5, 5.41) is 0. The van der Waals surface area contributed by atoms with Crippen molar-refractivity contribution in [1.29, 1.82) is 0 Å². The summed E-state index contributed by atoms with van der Waals surface area (Å²) in [6.07, 6.45) is 108. The minimum Gasteiger partial charge on any atom is -0.756 e. The molecular weight excluding hydrogens is 1180 g/mol. The van der Waals surface area contributed by atoms with Gasteiger partial charge >= 0.3 is 11.9 Å². The van der Waals surface area contributed by atoms with Crippen LogP contribution in [0.15, 0.2) is 146 Å². The van der Waals surface area contributed by atoms with E-state index in [4.69, 9.17) is 18.5 Å². The van der Waals surface area contributed by atoms with E-state index in [0.717, 1.165) is 103 Å². The lowest BCUT2D eigenvalue weighted by molar-refractivity contribution is -0.870. The molecule has 10 heteroatoms. The van der Waals surface area contributed by atoms with Crippen molar-refractivity contribution >= 4 is 19.8 Å². The maximum Gasteiger partial charge on any atom is 0.306 e. The molecule has 0 N–H and O–H groups in total. The van der Waals surface area contributed by atoms with Gasteiger partial charge in [0.2, 0.25) is 0 Å². The lowest BCUT2D eigenvalue weighted by Crippen LogP contribution is -2.37. The summed E-state index contributed by atoms with van der Waals surface area (Å²) in [6.45, 7) is 4.08. The fourth-order valence-electron chi connectivity index (χ4n) is 10.5. The highest BCUT2D eigenvalue weighted by molar-refractivity contribution is 7.45. The van der Waals surface area contributed by atoms with Gasteiger partial charge in [-0.15, -0.1) is 0 Å². The third kappa shape index (κ3) is 76.9. The lowest BCUT2D eigenvalue weighted by atomic mass is 10.0. The summed E-state index contributed by atoms with van der Waals surface area (Å²) in [7, 11) is 1.13. The van der Waals surface area contributed by atoms with Crippen molar-refractivity contribution < 1.29 is 42.1 Å². The van der Waals surface area contributed by atoms with Crippen molar-refractivity contribution in [1.82, 2.24) is 0 Å². The maximum absolute atomic E-state index is 12.9. The second-order valence-corrected chi connectivity index (χ2v) is 28.0. The molecule has 2 atom stereocenters. The van der Waals surface area contributed by atoms with Gasteiger partial charge in [-0.3, -0.25) is 14.2 Å². The fourth-order valence-corrected chi connectivity index (χ4v) is 11.2. The van der Waals surface area contributed by atoms with Crippen LogP contribution in [0, 0.1) is 0 Å². The number of hydrogen-bond acceptors (Lipinski definition) is 8. The zero-order chi connectivity index (χ0) is 68.3. The molecule has 0 heterocycles. The number of likely N-dealkylation sites (N-methyl/N-ethyl adjacent to an activating group) is 1. The second-order valence-electron chi connectivity index (χ2n) is 26.6. The monoisotopic (exact) mass is 1330 g/mol. The average molecular weight is 1330 g/mol. The molecule has 0 aliphatic heterocycles. The highest BCUT2D eigenvalue weighted by Crippen LogP contribution is 2.38. The number of phosphoric acid groups is 1. The first-order valence-electron chi connectivity index (χ1n) is 38.5. The Morgan fingerprint density at radius 1 is 0.340 bits per heavy atom. The van der Waals surface area contributed by atoms with Crippen molar-refractivity contribution in [2.75, 3.05) is 47.5 Å². The van der Waals surface area contributed by atoms with E-state index >= 15 is 0 Å². The molecule has 0 fully saturated rings. The predicted molar refractivity (Wildman–Crippen MR) is 406 cm³/mol. The van der Waals surface area contributed by atoms with E-state index in [1.165, 1.54) is 186 Å². The number of phosphoric ester groups is 1. The molecule has 0 aromatic carbocycles. The molecule has 0 aliphatic rings. The number of carbonyl (C=O) groups excluding carboxylic acids is 2. The van der Waals surface area contributed by atoms with Crippen LogP contribution in [0.3, 0.4) is 0 Å². The minimum absolute atomic E-state index is 0.0456. The molecule has 0 bridgehead atoms. The number of rotatable bonds is 70. The molecule has 2 unspecified atom stereocenters. The van der Waals surface area contributed by atoms with E-state index < -0.39 is 32.5 Å². The van der Waals surface area contributed by atoms with Crippen LogP contribution in [0.1, 0.15) is 322 Å². The van der Waals surface area contributed by atoms with Gasteiger partial charge in [0.05, 0.1) is 27.7 Å². The SMILES string of the molecule is CC/C=C\C/C=C\C/C=C\C/C=C\C/C=C\C/C=C\C/C=C\C/C=C\C/C=C\C/C=C\CCCCC(=O)OC(COC(=O)CCCCCCCCCCCCCCCCCCCCCCCCCCC/C=C\C/C=C\CCCCCCC)COP(=O)([O-])OCC[N+](C)(C)C. The number of esters is 2. The third-order valence-corrected chi connectivity index (χ3v) is 17.3. The smallest absolute Gasteiger partial charge is 0.306 e. The van der Waals surface area contributed by atoms with Crippen molar-refractivity contribution in [3.05, 3.63) is 146 Å². The molecule has 9 nitrogen and oxygen atoms in total. The molecule has 0 spiro atoms. The molecular formula is C84H144NO8P. The average Bonchev–Trinajstić information content (AvgIpc) is 1.56. The standard InChI is InChI=1S/C84H144NO8P/c1-6-8-10-12-14-16-18-20-22-24-26-28-30-32-34-36-38-40-41-42-43-45-46-48-50-52-54-56-58-60-62-64-66-68-70-72-74-76-83(86)90-80-82(81-92-94(88,89)91-79-78-85(3,4)5)93-84(87)77-75-73-71-69-67-65-63-61-59-57-55-53-51-49-47-44-39-37-35-33-31-29-27-25-23-21-19-17-15-13-11-9-7-2/h9,11,15,17-18,20-21,23-24,26-27,29,33,35,39,44,49,51,55,57,61,63,67,69,82H,6-8,10,12-14,16,19,22,25,28,30-32,34,36-38,40-43,45-48,50,52-54,56,58-60,62,64-66,68,70-81H2,1-5H3/b11-9-,17-15-,20-18-,23-21-,26-24-,29-27-,35-33-,44-39-,51-49-,57-55-,63-61-,69-67-. The number of nitrogens with zero attached hydrogens (tertiary/aromatic N) is 1. The van der Waals surface area contributed by atoms with Crippen LogP contribution in [0.25, 0.3) is 0 Å². The Balaban J connectivity index is 4.07. The first kappa shape index (κ1) is 89.9. The number of allylic oxidation sites excluding steroid dienone is 24. The molecule has 0 aromatic heterocycles. The van der Waals surface area contributed by atoms with Crippen molar-refractivity contribution in [2.45, 2.75) is 328 Å². The normalized spacial score (nSPS) is 13.9. The Morgan fingerprint density at radius 2 is 0.606 bits per heavy atom. The fraction of sp³-hybridized carbons (Fsp3) is 0.690. The van der Waals surface area contributed by atoms with Crippen LogP contribution in [0.2, 0.25) is 0 Å². The van der Waals surface area contributed by atoms with Crippen LogP contribution in [-0.4, -0.2) is 70.0 Å². The highest BCUT2D eigenvalue weighted by Gasteiger charge is 2.22. The van der Waals surface area contributed by atoms with Gasteiger partial charge in [0.15, 0.2) is 6.10 Å². The largest absolute Gasteiger partial charge is 0.756 e. The number of unbranched alkanes of at least 4 members (excludes halogenated alkanes) is 32. The number of quaternary nitrogens is 1. The zero-order valence-corrected chi connectivity index (χ0v) is 62.3. The molecule has 0 saturated heterocycles. The van der Waals surface area contributed by atoms with E-state index in [2.05, 4.69) is 160 Å². The first-order valence-corrected chi connectivity index (χ1v) is 40.0. The van der Waals surface area contributed by atoms with E-state index in [0.29, 0.717) is 17.4 Å². The van der Waals surface area contributed by atoms with Crippen molar-refractivity contribution in [3.63, 3.8) is 0 Å². The van der Waals surface area contributed by atoms with E-state index in [9.17, 15) is 19.0 Å². The topological polar surface area (TPSA) is 111 Å². The molecule has 94 heavy (non-hydrogen) atoms. The molecule has 0 rings (SSSR count). The number of hydrogen-bond donors (Lipinski definition) is 0. The van der Waals surface area contributed by atoms with Gasteiger partial charge in [0, 0.05) is 12.8 Å². The van der Waals surface area contributed by atoms with Crippen LogP contribution in [0.5, 0.6) is 0 Å². The molecule has 0 radical (unpaired) electrons. The first-order chi connectivity index (χ1) is 46.0. The third-order valence-electron chi connectivity index (χ3n) is 16.3. The van der Waals surface area contributed by atoms with Crippen molar-refractivity contribution in [3.8, 4) is 0 Å². The van der Waals surface area contributed by atoms with Gasteiger partial charge < -0.3 is 27.9 Å². The quantitative estimate of drug-likeness (QED) is 0.0195. The molecule has 0 aliphatic carbocycles. The predicted octanol–water partition coefficient (Wildman–Crippen LogP) is 25.1. The minimum atomic E-state index is -4.67. The van der Waals surface area contributed by atoms with Gasteiger partial charge in [-0.05, 0) is 122 Å². The summed E-state index contributed by atoms with van der Waals surface area (Å²) in [5.74, 6) is -0.883. The zero-order valence-electron chi connectivity index (χ0n) is 61.4. The van der Waals surface area contributed by atoms with Gasteiger partial charge in [0.1, 0.15) is 19.8 Å². The summed E-state index contributed by atoms with van der Waals surface area (Å²) in [4.78, 5) is 38.1. The van der Waals surface area contributed by atoms with Crippen LogP contribution < -0.4 is 4.89 Å². The van der Waals surface area contributed by atoms with Crippen LogP contribution in [0.4, 0.5) is 0 Å². The Hall–Kier alpha value is -4.11. The van der Waals surface area contributed by atoms with Gasteiger partial charge in [-0.1, -0.05) is 333 Å². The Labute approximate surface area is 580 Å². The maximum atomic E-state index is 12.9. The molecule has 0 saturated carbocycles. The summed E-state index contributed by atoms with van der Waals surface area (Å²) in [5.41, 5.74) is 0. The second kappa shape index (κ2) is 73.1. The summed E-state index contributed by atoms with van der Waals surface area (Å²) in [6, 6.07) is 0. The number of ether oxygens (including phenoxy) is 2. The molecule has 0 aromatic rings. The Morgan fingerprint density at radius 3 is 0.926 bits per heavy atom.